The highest BCUT2D eigenvalue weighted by Gasteiger charge is 2.39. The van der Waals surface area contributed by atoms with Gasteiger partial charge in [-0.1, -0.05) is 13.8 Å². The lowest BCUT2D eigenvalue weighted by atomic mass is 9.68. The molecule has 0 bridgehead atoms. The van der Waals surface area contributed by atoms with Gasteiger partial charge in [-0.15, -0.1) is 0 Å². The number of nitrogens with zero attached hydrogens (tertiary/aromatic N) is 2. The Bertz CT molecular complexity index is 214. The van der Waals surface area contributed by atoms with Crippen molar-refractivity contribution in [2.75, 3.05) is 13.6 Å². The van der Waals surface area contributed by atoms with Crippen LogP contribution in [0.4, 0.5) is 0 Å². The third-order valence-corrected chi connectivity index (χ3v) is 2.90. The van der Waals surface area contributed by atoms with E-state index in [1.807, 2.05) is 14.0 Å². The molecular weight excluding hydrogens is 176 g/mol. The van der Waals surface area contributed by atoms with E-state index in [-0.39, 0.29) is 0 Å². The fraction of sp³-hybridized carbons (Fsp3) is 0.900. The topological polar surface area (TPSA) is 53.6 Å². The molecule has 4 nitrogen and oxygen atoms in total. The van der Waals surface area contributed by atoms with E-state index in [1.165, 1.54) is 12.8 Å². The first-order chi connectivity index (χ1) is 6.50. The Morgan fingerprint density at radius 3 is 2.50 bits per heavy atom. The van der Waals surface area contributed by atoms with Crippen molar-refractivity contribution in [2.45, 2.75) is 39.7 Å². The van der Waals surface area contributed by atoms with Crippen molar-refractivity contribution in [3.8, 4) is 0 Å². The summed E-state index contributed by atoms with van der Waals surface area (Å²) in [5.41, 5.74) is 3.15. The summed E-state index contributed by atoms with van der Waals surface area (Å²) in [6.45, 7) is 7.36. The van der Waals surface area contributed by atoms with E-state index in [0.29, 0.717) is 11.5 Å². The first-order valence-corrected chi connectivity index (χ1v) is 5.24. The summed E-state index contributed by atoms with van der Waals surface area (Å²) in [7, 11) is 2.05. The monoisotopic (exact) mass is 198 g/mol. The molecule has 3 N–H and O–H groups in total. The number of guanidine groups is 1. The Balaban J connectivity index is 2.49. The van der Waals surface area contributed by atoms with Crippen LogP contribution in [0.25, 0.3) is 0 Å². The average Bonchev–Trinajstić information content (AvgIpc) is 2.09. The SMILES string of the molecule is CCN=C(NN)N(C)C1CC(C)(C)C1. The Labute approximate surface area is 86.5 Å². The number of nitrogens with one attached hydrogen (secondary N) is 1. The lowest BCUT2D eigenvalue weighted by Gasteiger charge is -2.47. The van der Waals surface area contributed by atoms with E-state index < -0.39 is 0 Å². The maximum atomic E-state index is 5.42. The van der Waals surface area contributed by atoms with Gasteiger partial charge in [-0.05, 0) is 25.2 Å². The minimum Gasteiger partial charge on any atom is -0.342 e. The van der Waals surface area contributed by atoms with E-state index in [2.05, 4.69) is 29.2 Å². The minimum atomic E-state index is 0.491. The van der Waals surface area contributed by atoms with Gasteiger partial charge in [0, 0.05) is 19.6 Å². The summed E-state index contributed by atoms with van der Waals surface area (Å²) >= 11 is 0. The van der Waals surface area contributed by atoms with Crippen molar-refractivity contribution < 1.29 is 0 Å². The van der Waals surface area contributed by atoms with Crippen LogP contribution in [0, 0.1) is 5.41 Å². The van der Waals surface area contributed by atoms with Gasteiger partial charge in [0.05, 0.1) is 0 Å². The van der Waals surface area contributed by atoms with Crippen LogP contribution < -0.4 is 11.3 Å². The van der Waals surface area contributed by atoms with Gasteiger partial charge in [0.15, 0.2) is 0 Å². The van der Waals surface area contributed by atoms with Crippen LogP contribution in [0.1, 0.15) is 33.6 Å². The van der Waals surface area contributed by atoms with Crippen LogP contribution in [0.3, 0.4) is 0 Å². The van der Waals surface area contributed by atoms with Crippen LogP contribution >= 0.6 is 0 Å². The van der Waals surface area contributed by atoms with E-state index in [0.717, 1.165) is 12.5 Å². The number of aliphatic imine (C=N–C) groups is 1. The van der Waals surface area contributed by atoms with Gasteiger partial charge in [0.2, 0.25) is 5.96 Å². The molecule has 1 saturated carbocycles. The van der Waals surface area contributed by atoms with Gasteiger partial charge in [-0.25, -0.2) is 5.84 Å². The summed E-state index contributed by atoms with van der Waals surface area (Å²) in [5, 5.41) is 0. The fourth-order valence-corrected chi connectivity index (χ4v) is 2.07. The molecule has 0 aromatic carbocycles. The molecule has 0 aromatic rings. The van der Waals surface area contributed by atoms with Crippen molar-refractivity contribution in [3.05, 3.63) is 0 Å². The van der Waals surface area contributed by atoms with Gasteiger partial charge < -0.3 is 4.90 Å². The number of hydrogen-bond donors (Lipinski definition) is 2. The largest absolute Gasteiger partial charge is 0.342 e. The lowest BCUT2D eigenvalue weighted by molar-refractivity contribution is 0.0772. The van der Waals surface area contributed by atoms with E-state index in [9.17, 15) is 0 Å². The van der Waals surface area contributed by atoms with Gasteiger partial charge in [0.1, 0.15) is 0 Å². The highest BCUT2D eigenvalue weighted by Crippen LogP contribution is 2.42. The number of rotatable bonds is 2. The maximum Gasteiger partial charge on any atom is 0.208 e. The molecule has 0 aliphatic heterocycles. The highest BCUT2D eigenvalue weighted by atomic mass is 15.4. The molecule has 0 heterocycles. The summed E-state index contributed by atoms with van der Waals surface area (Å²) < 4.78 is 0. The van der Waals surface area contributed by atoms with E-state index in [1.54, 1.807) is 0 Å². The second kappa shape index (κ2) is 4.17. The molecular formula is C10H22N4. The second-order valence-electron chi connectivity index (χ2n) is 4.78. The standard InChI is InChI=1S/C10H22N4/c1-5-12-9(13-11)14(4)8-6-10(2,3)7-8/h8H,5-7,11H2,1-4H3,(H,12,13). The molecule has 0 saturated heterocycles. The van der Waals surface area contributed by atoms with Crippen molar-refractivity contribution >= 4 is 5.96 Å². The Kier molecular flexibility index (Phi) is 3.37. The Morgan fingerprint density at radius 1 is 1.57 bits per heavy atom. The first kappa shape index (κ1) is 11.3. The van der Waals surface area contributed by atoms with Crippen LogP contribution in [-0.4, -0.2) is 30.5 Å². The molecule has 4 heteroatoms. The van der Waals surface area contributed by atoms with Crippen LogP contribution in [-0.2, 0) is 0 Å². The van der Waals surface area contributed by atoms with Gasteiger partial charge in [-0.2, -0.15) is 0 Å². The van der Waals surface area contributed by atoms with Crippen molar-refractivity contribution in [1.29, 1.82) is 0 Å². The van der Waals surface area contributed by atoms with Crippen LogP contribution in [0.2, 0.25) is 0 Å². The number of hydrogen-bond acceptors (Lipinski definition) is 2. The molecule has 0 radical (unpaired) electrons. The first-order valence-electron chi connectivity index (χ1n) is 5.24. The Hall–Kier alpha value is -0.770. The molecule has 0 spiro atoms. The second-order valence-corrected chi connectivity index (χ2v) is 4.78. The predicted octanol–water partition coefficient (Wildman–Crippen LogP) is 0.946. The number of nitrogens with two attached hydrogens (primary N) is 1. The van der Waals surface area contributed by atoms with Crippen molar-refractivity contribution in [1.82, 2.24) is 10.3 Å². The summed E-state index contributed by atoms with van der Waals surface area (Å²) in [6.07, 6.45) is 2.43. The van der Waals surface area contributed by atoms with Crippen molar-refractivity contribution in [3.63, 3.8) is 0 Å². The van der Waals surface area contributed by atoms with E-state index >= 15 is 0 Å². The van der Waals surface area contributed by atoms with Crippen LogP contribution in [0.15, 0.2) is 4.99 Å². The Morgan fingerprint density at radius 2 is 2.14 bits per heavy atom. The average molecular weight is 198 g/mol. The van der Waals surface area contributed by atoms with Crippen molar-refractivity contribution in [2.24, 2.45) is 16.3 Å². The molecule has 1 rings (SSSR count). The molecule has 1 aliphatic rings. The van der Waals surface area contributed by atoms with Gasteiger partial charge in [-0.3, -0.25) is 10.4 Å². The molecule has 1 fully saturated rings. The summed E-state index contributed by atoms with van der Waals surface area (Å²) in [6, 6.07) is 0.589. The smallest absolute Gasteiger partial charge is 0.208 e. The quantitative estimate of drug-likeness (QED) is 0.300. The highest BCUT2D eigenvalue weighted by molar-refractivity contribution is 5.79. The number of hydrazine groups is 1. The summed E-state index contributed by atoms with van der Waals surface area (Å²) in [4.78, 5) is 6.45. The molecule has 0 aromatic heterocycles. The van der Waals surface area contributed by atoms with E-state index in [4.69, 9.17) is 5.84 Å². The molecule has 14 heavy (non-hydrogen) atoms. The van der Waals surface area contributed by atoms with Crippen LogP contribution in [0.5, 0.6) is 0 Å². The molecule has 0 unspecified atom stereocenters. The fourth-order valence-electron chi connectivity index (χ4n) is 2.07. The van der Waals surface area contributed by atoms with Gasteiger partial charge in [0.25, 0.3) is 0 Å². The zero-order valence-corrected chi connectivity index (χ0v) is 9.67. The normalized spacial score (nSPS) is 21.6. The third kappa shape index (κ3) is 2.38. The molecule has 82 valence electrons. The molecule has 1 aliphatic carbocycles. The lowest BCUT2D eigenvalue weighted by Crippen LogP contribution is -2.54. The zero-order chi connectivity index (χ0) is 10.8. The summed E-state index contributed by atoms with van der Waals surface area (Å²) in [5.74, 6) is 6.22. The zero-order valence-electron chi connectivity index (χ0n) is 9.67. The minimum absolute atomic E-state index is 0.491. The molecule has 0 atom stereocenters. The molecule has 0 amide bonds. The maximum absolute atomic E-state index is 5.42. The predicted molar refractivity (Wildman–Crippen MR) is 59.9 cm³/mol. The third-order valence-electron chi connectivity index (χ3n) is 2.90. The van der Waals surface area contributed by atoms with Gasteiger partial charge >= 0.3 is 0 Å².